The number of carboxylic acids is 1. The van der Waals surface area contributed by atoms with E-state index < -0.39 is 29.9 Å². The maximum absolute atomic E-state index is 11.9. The number of carboxylic acid groups (broad SMARTS) is 1. The molecule has 0 spiro atoms. The quantitative estimate of drug-likeness (QED) is 0.668. The third-order valence-electron chi connectivity index (χ3n) is 2.41. The monoisotopic (exact) mass is 288 g/mol. The standard InChI is InChI=1S/C12H10Cl2O4/c1-6(15)9(12(17)18)5-11(16)8-3-2-7(13)4-10(8)14/h2-4,9H,5H2,1H3,(H,17,18). The summed E-state index contributed by atoms with van der Waals surface area (Å²) in [7, 11) is 0. The van der Waals surface area contributed by atoms with Crippen LogP contribution in [0.3, 0.4) is 0 Å². The summed E-state index contributed by atoms with van der Waals surface area (Å²) in [4.78, 5) is 33.8. The molecule has 6 heteroatoms. The lowest BCUT2D eigenvalue weighted by molar-refractivity contribution is -0.145. The third-order valence-corrected chi connectivity index (χ3v) is 2.96. The molecule has 4 nitrogen and oxygen atoms in total. The van der Waals surface area contributed by atoms with E-state index in [1.54, 1.807) is 0 Å². The van der Waals surface area contributed by atoms with Gasteiger partial charge in [-0.15, -0.1) is 0 Å². The van der Waals surface area contributed by atoms with Crippen molar-refractivity contribution in [1.29, 1.82) is 0 Å². The lowest BCUT2D eigenvalue weighted by Crippen LogP contribution is -2.24. The largest absolute Gasteiger partial charge is 0.481 e. The van der Waals surface area contributed by atoms with E-state index in [4.69, 9.17) is 28.3 Å². The molecule has 0 bridgehead atoms. The molecule has 0 saturated heterocycles. The summed E-state index contributed by atoms with van der Waals surface area (Å²) in [6.07, 6.45) is -0.411. The molecule has 1 unspecified atom stereocenters. The van der Waals surface area contributed by atoms with Crippen LogP contribution in [0.2, 0.25) is 10.0 Å². The number of hydrogen-bond donors (Lipinski definition) is 1. The van der Waals surface area contributed by atoms with Crippen LogP contribution in [-0.4, -0.2) is 22.6 Å². The minimum absolute atomic E-state index is 0.139. The van der Waals surface area contributed by atoms with E-state index in [1.165, 1.54) is 18.2 Å². The zero-order valence-electron chi connectivity index (χ0n) is 9.44. The number of hydrogen-bond acceptors (Lipinski definition) is 3. The van der Waals surface area contributed by atoms with Gasteiger partial charge in [0.15, 0.2) is 5.78 Å². The number of ketones is 2. The molecule has 0 fully saturated rings. The molecule has 0 saturated carbocycles. The molecule has 1 rings (SSSR count). The van der Waals surface area contributed by atoms with E-state index in [9.17, 15) is 14.4 Å². The van der Waals surface area contributed by atoms with E-state index in [2.05, 4.69) is 0 Å². The number of rotatable bonds is 5. The summed E-state index contributed by atoms with van der Waals surface area (Å²) in [5.41, 5.74) is 0.161. The Morgan fingerprint density at radius 2 is 1.89 bits per heavy atom. The number of carbonyl (C=O) groups is 3. The summed E-state index contributed by atoms with van der Waals surface area (Å²) in [6.45, 7) is 1.13. The lowest BCUT2D eigenvalue weighted by atomic mass is 9.95. The third kappa shape index (κ3) is 3.55. The van der Waals surface area contributed by atoms with Crippen LogP contribution in [0.4, 0.5) is 0 Å². The minimum Gasteiger partial charge on any atom is -0.481 e. The van der Waals surface area contributed by atoms with Crippen molar-refractivity contribution in [2.75, 3.05) is 0 Å². The van der Waals surface area contributed by atoms with Crippen LogP contribution in [0, 0.1) is 5.92 Å². The fraction of sp³-hybridized carbons (Fsp3) is 0.250. The van der Waals surface area contributed by atoms with Crippen LogP contribution in [-0.2, 0) is 9.59 Å². The van der Waals surface area contributed by atoms with E-state index in [1.807, 2.05) is 0 Å². The van der Waals surface area contributed by atoms with E-state index in [0.29, 0.717) is 5.02 Å². The second kappa shape index (κ2) is 5.98. The van der Waals surface area contributed by atoms with Crippen molar-refractivity contribution in [3.63, 3.8) is 0 Å². The SMILES string of the molecule is CC(=O)C(CC(=O)c1ccc(Cl)cc1Cl)C(=O)O. The van der Waals surface area contributed by atoms with Gasteiger partial charge in [-0.2, -0.15) is 0 Å². The molecule has 0 aromatic heterocycles. The highest BCUT2D eigenvalue weighted by atomic mass is 35.5. The summed E-state index contributed by atoms with van der Waals surface area (Å²) < 4.78 is 0. The van der Waals surface area contributed by atoms with Crippen molar-refractivity contribution in [1.82, 2.24) is 0 Å². The first-order valence-electron chi connectivity index (χ1n) is 5.04. The Hall–Kier alpha value is -1.39. The minimum atomic E-state index is -1.34. The van der Waals surface area contributed by atoms with E-state index in [0.717, 1.165) is 6.92 Å². The fourth-order valence-corrected chi connectivity index (χ4v) is 1.93. The molecule has 1 aromatic carbocycles. The van der Waals surface area contributed by atoms with Crippen LogP contribution < -0.4 is 0 Å². The highest BCUT2D eigenvalue weighted by Gasteiger charge is 2.26. The van der Waals surface area contributed by atoms with Crippen LogP contribution >= 0.6 is 23.2 Å². The van der Waals surface area contributed by atoms with Crippen LogP contribution in [0.1, 0.15) is 23.7 Å². The van der Waals surface area contributed by atoms with Gasteiger partial charge in [0.1, 0.15) is 11.7 Å². The summed E-state index contributed by atoms with van der Waals surface area (Å²) in [5, 5.41) is 9.34. The van der Waals surface area contributed by atoms with Gasteiger partial charge in [0.2, 0.25) is 0 Å². The smallest absolute Gasteiger partial charge is 0.314 e. The Balaban J connectivity index is 2.94. The maximum atomic E-state index is 11.9. The van der Waals surface area contributed by atoms with Crippen molar-refractivity contribution in [3.05, 3.63) is 33.8 Å². The number of halogens is 2. The molecule has 1 N–H and O–H groups in total. The number of carbonyl (C=O) groups excluding carboxylic acids is 2. The topological polar surface area (TPSA) is 71.4 Å². The molecule has 1 aromatic rings. The Labute approximate surface area is 114 Å². The summed E-state index contributed by atoms with van der Waals surface area (Å²) in [5.74, 6) is -3.73. The Kier molecular flexibility index (Phi) is 4.87. The maximum Gasteiger partial charge on any atom is 0.314 e. The number of Topliss-reactive ketones (excluding diaryl/α,β-unsaturated/α-hetero) is 2. The van der Waals surface area contributed by atoms with Crippen LogP contribution in [0.25, 0.3) is 0 Å². The second-order valence-electron chi connectivity index (χ2n) is 3.75. The van der Waals surface area contributed by atoms with Gasteiger partial charge in [-0.1, -0.05) is 23.2 Å². The predicted octanol–water partition coefficient (Wildman–Crippen LogP) is 2.86. The average molecular weight is 289 g/mol. The Bertz CT molecular complexity index is 497. The molecular formula is C12H10Cl2O4. The highest BCUT2D eigenvalue weighted by Crippen LogP contribution is 2.23. The van der Waals surface area contributed by atoms with Crippen LogP contribution in [0.15, 0.2) is 18.2 Å². The van der Waals surface area contributed by atoms with Crippen molar-refractivity contribution in [2.24, 2.45) is 5.92 Å². The molecule has 0 aliphatic heterocycles. The van der Waals surface area contributed by atoms with Crippen molar-refractivity contribution >= 4 is 40.7 Å². The lowest BCUT2D eigenvalue weighted by Gasteiger charge is -2.08. The van der Waals surface area contributed by atoms with Crippen molar-refractivity contribution in [3.8, 4) is 0 Å². The average Bonchev–Trinajstić information content (AvgIpc) is 2.24. The molecular weight excluding hydrogens is 279 g/mol. The molecule has 0 radical (unpaired) electrons. The normalized spacial score (nSPS) is 11.9. The number of aliphatic carboxylic acids is 1. The fourth-order valence-electron chi connectivity index (χ4n) is 1.42. The van der Waals surface area contributed by atoms with Gasteiger partial charge in [-0.25, -0.2) is 0 Å². The van der Waals surface area contributed by atoms with Crippen molar-refractivity contribution < 1.29 is 19.5 Å². The highest BCUT2D eigenvalue weighted by molar-refractivity contribution is 6.36. The molecule has 0 aliphatic rings. The van der Waals surface area contributed by atoms with Gasteiger partial charge < -0.3 is 5.11 Å². The van der Waals surface area contributed by atoms with Gasteiger partial charge in [0.05, 0.1) is 5.02 Å². The van der Waals surface area contributed by atoms with Gasteiger partial charge in [0, 0.05) is 17.0 Å². The van der Waals surface area contributed by atoms with Crippen molar-refractivity contribution in [2.45, 2.75) is 13.3 Å². The molecule has 1 atom stereocenters. The summed E-state index contributed by atoms with van der Waals surface area (Å²) in [6, 6.07) is 4.27. The molecule has 0 aliphatic carbocycles. The van der Waals surface area contributed by atoms with Gasteiger partial charge >= 0.3 is 5.97 Å². The molecule has 96 valence electrons. The molecule has 18 heavy (non-hydrogen) atoms. The van der Waals surface area contributed by atoms with Gasteiger partial charge in [-0.3, -0.25) is 14.4 Å². The van der Waals surface area contributed by atoms with E-state index >= 15 is 0 Å². The first-order valence-corrected chi connectivity index (χ1v) is 5.80. The first-order chi connectivity index (χ1) is 8.32. The Morgan fingerprint density at radius 3 is 2.33 bits per heavy atom. The summed E-state index contributed by atoms with van der Waals surface area (Å²) >= 11 is 11.5. The van der Waals surface area contributed by atoms with Gasteiger partial charge in [-0.05, 0) is 25.1 Å². The van der Waals surface area contributed by atoms with Crippen LogP contribution in [0.5, 0.6) is 0 Å². The zero-order valence-corrected chi connectivity index (χ0v) is 11.0. The molecule has 0 amide bonds. The Morgan fingerprint density at radius 1 is 1.28 bits per heavy atom. The number of benzene rings is 1. The van der Waals surface area contributed by atoms with Gasteiger partial charge in [0.25, 0.3) is 0 Å². The first kappa shape index (κ1) is 14.7. The molecule has 0 heterocycles. The second-order valence-corrected chi connectivity index (χ2v) is 4.60. The zero-order chi connectivity index (χ0) is 13.9. The van der Waals surface area contributed by atoms with E-state index in [-0.39, 0.29) is 10.6 Å². The predicted molar refractivity (Wildman–Crippen MR) is 67.2 cm³/mol.